The number of nitrogens with one attached hydrogen (secondary N) is 2. The van der Waals surface area contributed by atoms with Gasteiger partial charge in [-0.15, -0.1) is 11.3 Å². The lowest BCUT2D eigenvalue weighted by Crippen LogP contribution is -2.10. The van der Waals surface area contributed by atoms with Crippen LogP contribution >= 0.6 is 11.3 Å². The van der Waals surface area contributed by atoms with Gasteiger partial charge >= 0.3 is 0 Å². The normalized spacial score (nSPS) is 11.4. The van der Waals surface area contributed by atoms with Crippen molar-refractivity contribution in [3.8, 4) is 11.4 Å². The number of halogens is 1. The molecular formula is C21H16FN5OS. The largest absolute Gasteiger partial charge is 0.338 e. The summed E-state index contributed by atoms with van der Waals surface area (Å²) in [6, 6.07) is 13.6. The minimum absolute atomic E-state index is 0.171. The number of hydrogen-bond acceptors (Lipinski definition) is 4. The summed E-state index contributed by atoms with van der Waals surface area (Å²) in [4.78, 5) is 22.0. The van der Waals surface area contributed by atoms with Crippen molar-refractivity contribution in [2.45, 2.75) is 6.92 Å². The maximum Gasteiger partial charge on any atom is 0.265 e. The fraction of sp³-hybridized carbons (Fsp3) is 0.0952. The number of aromatic amines is 1. The van der Waals surface area contributed by atoms with E-state index in [2.05, 4.69) is 20.4 Å². The summed E-state index contributed by atoms with van der Waals surface area (Å²) in [6.45, 7) is 1.93. The molecule has 0 spiro atoms. The molecule has 0 bridgehead atoms. The van der Waals surface area contributed by atoms with Gasteiger partial charge in [0.1, 0.15) is 16.5 Å². The van der Waals surface area contributed by atoms with Crippen LogP contribution in [0.2, 0.25) is 0 Å². The molecule has 2 N–H and O–H groups in total. The molecular weight excluding hydrogens is 389 g/mol. The van der Waals surface area contributed by atoms with Crippen LogP contribution in [-0.4, -0.2) is 25.7 Å². The highest BCUT2D eigenvalue weighted by molar-refractivity contribution is 7.20. The molecule has 0 fully saturated rings. The van der Waals surface area contributed by atoms with Crippen LogP contribution in [0.3, 0.4) is 0 Å². The average Bonchev–Trinajstić information content (AvgIpc) is 3.37. The van der Waals surface area contributed by atoms with Gasteiger partial charge in [-0.05, 0) is 43.3 Å². The Labute approximate surface area is 169 Å². The maximum absolute atomic E-state index is 13.5. The Kier molecular flexibility index (Phi) is 3.95. The van der Waals surface area contributed by atoms with Gasteiger partial charge in [0.25, 0.3) is 5.91 Å². The van der Waals surface area contributed by atoms with Gasteiger partial charge in [0.05, 0.1) is 21.6 Å². The van der Waals surface area contributed by atoms with E-state index in [1.165, 1.54) is 23.5 Å². The van der Waals surface area contributed by atoms with Crippen LogP contribution in [0, 0.1) is 12.7 Å². The number of thiophene rings is 1. The molecule has 0 aliphatic rings. The number of aryl methyl sites for hydroxylation is 2. The molecule has 8 heteroatoms. The predicted octanol–water partition coefficient (Wildman–Crippen LogP) is 4.88. The molecule has 0 aliphatic carbocycles. The van der Waals surface area contributed by atoms with E-state index in [1.807, 2.05) is 32.2 Å². The fourth-order valence-electron chi connectivity index (χ4n) is 3.37. The topological polar surface area (TPSA) is 75.6 Å². The molecule has 0 saturated heterocycles. The van der Waals surface area contributed by atoms with Crippen LogP contribution in [-0.2, 0) is 7.05 Å². The molecule has 0 radical (unpaired) electrons. The molecule has 0 aliphatic heterocycles. The number of rotatable bonds is 3. The lowest BCUT2D eigenvalue weighted by molar-refractivity contribution is 0.103. The van der Waals surface area contributed by atoms with E-state index in [4.69, 9.17) is 0 Å². The molecule has 5 rings (SSSR count). The van der Waals surface area contributed by atoms with Gasteiger partial charge in [0.15, 0.2) is 0 Å². The molecule has 2 aromatic carbocycles. The smallest absolute Gasteiger partial charge is 0.265 e. The van der Waals surface area contributed by atoms with Gasteiger partial charge in [-0.25, -0.2) is 9.37 Å². The number of hydrogen-bond donors (Lipinski definition) is 2. The Bertz CT molecular complexity index is 1360. The highest BCUT2D eigenvalue weighted by atomic mass is 32.1. The van der Waals surface area contributed by atoms with Crippen molar-refractivity contribution in [3.63, 3.8) is 0 Å². The minimum atomic E-state index is -0.315. The standard InChI is InChI=1S/C21H16FN5OS/c1-11-15-10-18(29-21(15)27(2)26-11)20(28)23-14-6-7-16-17(9-14)25-19(24-16)12-4-3-5-13(22)8-12/h3-10H,1-2H3,(H,23,28)(H,24,25). The highest BCUT2D eigenvalue weighted by Gasteiger charge is 2.16. The molecule has 3 aromatic heterocycles. The first-order chi connectivity index (χ1) is 14.0. The number of anilines is 1. The molecule has 0 saturated carbocycles. The summed E-state index contributed by atoms with van der Waals surface area (Å²) in [7, 11) is 1.87. The molecule has 144 valence electrons. The third-order valence-corrected chi connectivity index (χ3v) is 5.96. The summed E-state index contributed by atoms with van der Waals surface area (Å²) >= 11 is 1.41. The number of carbonyl (C=O) groups is 1. The predicted molar refractivity (Wildman–Crippen MR) is 113 cm³/mol. The molecule has 0 atom stereocenters. The van der Waals surface area contributed by atoms with Gasteiger partial charge in [0, 0.05) is 23.7 Å². The van der Waals surface area contributed by atoms with E-state index in [9.17, 15) is 9.18 Å². The highest BCUT2D eigenvalue weighted by Crippen LogP contribution is 2.29. The number of amides is 1. The second kappa shape index (κ2) is 6.52. The summed E-state index contributed by atoms with van der Waals surface area (Å²) in [5, 5.41) is 8.29. The van der Waals surface area contributed by atoms with Gasteiger partial charge < -0.3 is 10.3 Å². The maximum atomic E-state index is 13.5. The van der Waals surface area contributed by atoms with E-state index in [-0.39, 0.29) is 11.7 Å². The van der Waals surface area contributed by atoms with Gasteiger partial charge in [0.2, 0.25) is 0 Å². The Morgan fingerprint density at radius 2 is 2.07 bits per heavy atom. The van der Waals surface area contributed by atoms with Gasteiger partial charge in [-0.2, -0.15) is 5.10 Å². The van der Waals surface area contributed by atoms with E-state index in [0.29, 0.717) is 22.0 Å². The summed E-state index contributed by atoms with van der Waals surface area (Å²) in [6.07, 6.45) is 0. The van der Waals surface area contributed by atoms with Crippen LogP contribution in [0.15, 0.2) is 48.5 Å². The number of aromatic nitrogens is 4. The van der Waals surface area contributed by atoms with Crippen molar-refractivity contribution in [1.82, 2.24) is 19.7 Å². The second-order valence-corrected chi connectivity index (χ2v) is 7.85. The monoisotopic (exact) mass is 405 g/mol. The average molecular weight is 405 g/mol. The number of imidazole rings is 1. The minimum Gasteiger partial charge on any atom is -0.338 e. The van der Waals surface area contributed by atoms with E-state index < -0.39 is 0 Å². The number of nitrogens with zero attached hydrogens (tertiary/aromatic N) is 3. The first kappa shape index (κ1) is 17.6. The Balaban J connectivity index is 1.43. The lowest BCUT2D eigenvalue weighted by Gasteiger charge is -2.03. The third kappa shape index (κ3) is 3.07. The number of fused-ring (bicyclic) bond motifs is 2. The molecule has 0 unspecified atom stereocenters. The zero-order valence-corrected chi connectivity index (χ0v) is 16.5. The number of benzene rings is 2. The summed E-state index contributed by atoms with van der Waals surface area (Å²) < 4.78 is 15.3. The van der Waals surface area contributed by atoms with Crippen LogP contribution in [0.1, 0.15) is 15.4 Å². The van der Waals surface area contributed by atoms with Crippen molar-refractivity contribution >= 4 is 44.2 Å². The van der Waals surface area contributed by atoms with Crippen LogP contribution in [0.4, 0.5) is 10.1 Å². The fourth-order valence-corrected chi connectivity index (χ4v) is 4.39. The van der Waals surface area contributed by atoms with E-state index in [1.54, 1.807) is 22.9 Å². The SMILES string of the molecule is Cc1nn(C)c2sc(C(=O)Nc3ccc4nc(-c5cccc(F)c5)[nH]c4c3)cc12. The number of carbonyl (C=O) groups excluding carboxylic acids is 1. The van der Waals surface area contributed by atoms with Crippen LogP contribution < -0.4 is 5.32 Å². The van der Waals surface area contributed by atoms with E-state index >= 15 is 0 Å². The zero-order chi connectivity index (χ0) is 20.1. The number of H-pyrrole nitrogens is 1. The van der Waals surface area contributed by atoms with E-state index in [0.717, 1.165) is 26.9 Å². The summed E-state index contributed by atoms with van der Waals surface area (Å²) in [5.41, 5.74) is 3.73. The first-order valence-electron chi connectivity index (χ1n) is 8.98. The van der Waals surface area contributed by atoms with Gasteiger partial charge in [-0.1, -0.05) is 12.1 Å². The molecule has 5 aromatic rings. The Morgan fingerprint density at radius 3 is 2.86 bits per heavy atom. The van der Waals surface area contributed by atoms with Crippen molar-refractivity contribution in [3.05, 3.63) is 64.9 Å². The molecule has 29 heavy (non-hydrogen) atoms. The Hall–Kier alpha value is -3.52. The molecule has 6 nitrogen and oxygen atoms in total. The van der Waals surface area contributed by atoms with Crippen LogP contribution in [0.25, 0.3) is 32.6 Å². The molecule has 1 amide bonds. The van der Waals surface area contributed by atoms with Crippen molar-refractivity contribution in [2.24, 2.45) is 7.05 Å². The quantitative estimate of drug-likeness (QED) is 0.449. The Morgan fingerprint density at radius 1 is 1.21 bits per heavy atom. The van der Waals surface area contributed by atoms with Crippen molar-refractivity contribution < 1.29 is 9.18 Å². The third-order valence-electron chi connectivity index (χ3n) is 4.76. The summed E-state index contributed by atoms with van der Waals surface area (Å²) in [5.74, 6) is 0.0926. The molecule has 3 heterocycles. The van der Waals surface area contributed by atoms with Crippen molar-refractivity contribution in [1.29, 1.82) is 0 Å². The first-order valence-corrected chi connectivity index (χ1v) is 9.80. The lowest BCUT2D eigenvalue weighted by atomic mass is 10.2. The van der Waals surface area contributed by atoms with Crippen molar-refractivity contribution in [2.75, 3.05) is 5.32 Å². The van der Waals surface area contributed by atoms with Crippen LogP contribution in [0.5, 0.6) is 0 Å². The second-order valence-electron chi connectivity index (χ2n) is 6.82. The zero-order valence-electron chi connectivity index (χ0n) is 15.7. The van der Waals surface area contributed by atoms with Gasteiger partial charge in [-0.3, -0.25) is 9.48 Å².